The summed E-state index contributed by atoms with van der Waals surface area (Å²) in [7, 11) is -3.56. The van der Waals surface area contributed by atoms with Gasteiger partial charge in [0.15, 0.2) is 0 Å². The lowest BCUT2D eigenvalue weighted by Gasteiger charge is -2.08. The lowest BCUT2D eigenvalue weighted by atomic mass is 10.1. The summed E-state index contributed by atoms with van der Waals surface area (Å²) in [5.74, 6) is -1.06. The second-order valence-corrected chi connectivity index (χ2v) is 7.71. The van der Waals surface area contributed by atoms with Crippen LogP contribution in [0.25, 0.3) is 0 Å². The third-order valence-corrected chi connectivity index (χ3v) is 5.31. The van der Waals surface area contributed by atoms with Gasteiger partial charge in [-0.05, 0) is 42.0 Å². The molecule has 0 saturated carbocycles. The number of halogens is 1. The highest BCUT2D eigenvalue weighted by atomic mass is 32.2. The van der Waals surface area contributed by atoms with Crippen LogP contribution in [0.3, 0.4) is 0 Å². The average molecular weight is 407 g/mol. The van der Waals surface area contributed by atoms with Gasteiger partial charge < -0.3 is 10.6 Å². The number of carbonyl (C=O) groups excluding carboxylic acids is 2. The molecule has 2 aromatic rings. The fraction of sp³-hybridized carbons (Fsp3) is 0.263. The van der Waals surface area contributed by atoms with Gasteiger partial charge in [-0.15, -0.1) is 0 Å². The zero-order chi connectivity index (χ0) is 20.6. The molecule has 2 amide bonds. The van der Waals surface area contributed by atoms with Gasteiger partial charge in [-0.3, -0.25) is 9.59 Å². The first kappa shape index (κ1) is 21.5. The summed E-state index contributed by atoms with van der Waals surface area (Å²) < 4.78 is 39.2. The van der Waals surface area contributed by atoms with Gasteiger partial charge in [0.2, 0.25) is 15.9 Å². The van der Waals surface area contributed by atoms with Gasteiger partial charge in [0, 0.05) is 25.2 Å². The monoisotopic (exact) mass is 407 g/mol. The van der Waals surface area contributed by atoms with Crippen molar-refractivity contribution in [2.45, 2.75) is 18.2 Å². The van der Waals surface area contributed by atoms with Gasteiger partial charge in [-0.25, -0.2) is 17.5 Å². The second kappa shape index (κ2) is 9.95. The number of sulfonamides is 1. The molecule has 0 unspecified atom stereocenters. The molecule has 0 aliphatic heterocycles. The summed E-state index contributed by atoms with van der Waals surface area (Å²) in [4.78, 5) is 24.0. The number of hydrogen-bond donors (Lipinski definition) is 3. The van der Waals surface area contributed by atoms with E-state index in [-0.39, 0.29) is 42.8 Å². The first-order valence-corrected chi connectivity index (χ1v) is 10.2. The van der Waals surface area contributed by atoms with Crippen molar-refractivity contribution in [3.8, 4) is 0 Å². The lowest BCUT2D eigenvalue weighted by molar-refractivity contribution is -0.120. The Bertz CT molecular complexity index is 930. The summed E-state index contributed by atoms with van der Waals surface area (Å²) in [5, 5.41) is 5.27. The number of hydrogen-bond acceptors (Lipinski definition) is 4. The van der Waals surface area contributed by atoms with Crippen molar-refractivity contribution in [3.63, 3.8) is 0 Å². The molecule has 2 rings (SSSR count). The Hall–Kier alpha value is -2.78. The third kappa shape index (κ3) is 6.43. The maximum absolute atomic E-state index is 13.1. The highest BCUT2D eigenvalue weighted by Crippen LogP contribution is 2.10. The van der Waals surface area contributed by atoms with Crippen molar-refractivity contribution >= 4 is 21.8 Å². The lowest BCUT2D eigenvalue weighted by Crippen LogP contribution is -2.35. The SMILES string of the molecule is CCNS(=O)(=O)c1ccc(C(=O)NCCNC(=O)Cc2cccc(F)c2)cc1. The molecular weight excluding hydrogens is 385 g/mol. The molecule has 0 spiro atoms. The maximum atomic E-state index is 13.1. The molecule has 0 fully saturated rings. The Morgan fingerprint density at radius 1 is 1.00 bits per heavy atom. The minimum Gasteiger partial charge on any atom is -0.354 e. The number of nitrogens with one attached hydrogen (secondary N) is 3. The van der Waals surface area contributed by atoms with E-state index < -0.39 is 15.8 Å². The normalized spacial score (nSPS) is 11.1. The molecule has 2 aromatic carbocycles. The van der Waals surface area contributed by atoms with Crippen LogP contribution in [0.1, 0.15) is 22.8 Å². The highest BCUT2D eigenvalue weighted by Gasteiger charge is 2.13. The Kier molecular flexibility index (Phi) is 7.65. The topological polar surface area (TPSA) is 104 Å². The molecule has 7 nitrogen and oxygen atoms in total. The van der Waals surface area contributed by atoms with E-state index in [4.69, 9.17) is 0 Å². The van der Waals surface area contributed by atoms with E-state index in [0.29, 0.717) is 11.1 Å². The van der Waals surface area contributed by atoms with E-state index in [0.717, 1.165) is 0 Å². The maximum Gasteiger partial charge on any atom is 0.251 e. The van der Waals surface area contributed by atoms with E-state index in [1.165, 1.54) is 42.5 Å². The molecule has 28 heavy (non-hydrogen) atoms. The highest BCUT2D eigenvalue weighted by molar-refractivity contribution is 7.89. The average Bonchev–Trinajstić information content (AvgIpc) is 2.65. The first-order valence-electron chi connectivity index (χ1n) is 8.71. The molecule has 9 heteroatoms. The first-order chi connectivity index (χ1) is 13.3. The molecule has 0 atom stereocenters. The van der Waals surface area contributed by atoms with Crippen LogP contribution in [-0.2, 0) is 21.2 Å². The van der Waals surface area contributed by atoms with E-state index in [9.17, 15) is 22.4 Å². The van der Waals surface area contributed by atoms with Gasteiger partial charge in [0.05, 0.1) is 11.3 Å². The molecule has 0 heterocycles. The van der Waals surface area contributed by atoms with Crippen molar-refractivity contribution in [1.29, 1.82) is 0 Å². The van der Waals surface area contributed by atoms with Crippen LogP contribution in [0.15, 0.2) is 53.4 Å². The molecule has 3 N–H and O–H groups in total. The number of amides is 2. The second-order valence-electron chi connectivity index (χ2n) is 5.94. The third-order valence-electron chi connectivity index (χ3n) is 3.75. The Morgan fingerprint density at radius 3 is 2.32 bits per heavy atom. The number of rotatable bonds is 9. The van der Waals surface area contributed by atoms with E-state index in [1.807, 2.05) is 0 Å². The van der Waals surface area contributed by atoms with Crippen LogP contribution in [-0.4, -0.2) is 39.9 Å². The smallest absolute Gasteiger partial charge is 0.251 e. The molecular formula is C19H22FN3O4S. The summed E-state index contributed by atoms with van der Waals surface area (Å²) in [6, 6.07) is 11.3. The zero-order valence-corrected chi connectivity index (χ0v) is 16.2. The van der Waals surface area contributed by atoms with Crippen molar-refractivity contribution in [3.05, 3.63) is 65.5 Å². The van der Waals surface area contributed by atoms with E-state index in [2.05, 4.69) is 15.4 Å². The molecule has 0 aliphatic carbocycles. The van der Waals surface area contributed by atoms with E-state index >= 15 is 0 Å². The summed E-state index contributed by atoms with van der Waals surface area (Å²) in [6.45, 7) is 2.36. The van der Waals surface area contributed by atoms with E-state index in [1.54, 1.807) is 13.0 Å². The van der Waals surface area contributed by atoms with Gasteiger partial charge in [0.1, 0.15) is 5.82 Å². The molecule has 0 aromatic heterocycles. The summed E-state index contributed by atoms with van der Waals surface area (Å²) in [5.41, 5.74) is 0.871. The van der Waals surface area contributed by atoms with Crippen molar-refractivity contribution in [1.82, 2.24) is 15.4 Å². The van der Waals surface area contributed by atoms with Crippen LogP contribution in [0, 0.1) is 5.82 Å². The van der Waals surface area contributed by atoms with Crippen molar-refractivity contribution in [2.24, 2.45) is 0 Å². The minimum atomic E-state index is -3.56. The van der Waals surface area contributed by atoms with Gasteiger partial charge in [0.25, 0.3) is 5.91 Å². The van der Waals surface area contributed by atoms with Gasteiger partial charge >= 0.3 is 0 Å². The predicted molar refractivity (Wildman–Crippen MR) is 103 cm³/mol. The van der Waals surface area contributed by atoms with Gasteiger partial charge in [-0.2, -0.15) is 0 Å². The van der Waals surface area contributed by atoms with Crippen molar-refractivity contribution < 1.29 is 22.4 Å². The van der Waals surface area contributed by atoms with Crippen LogP contribution in [0.5, 0.6) is 0 Å². The standard InChI is InChI=1S/C19H22FN3O4S/c1-2-23-28(26,27)17-8-6-15(7-9-17)19(25)22-11-10-21-18(24)13-14-4-3-5-16(20)12-14/h3-9,12,23H,2,10-11,13H2,1H3,(H,21,24)(H,22,25). The predicted octanol–water partition coefficient (Wildman–Crippen LogP) is 1.21. The quantitative estimate of drug-likeness (QED) is 0.544. The summed E-state index contributed by atoms with van der Waals surface area (Å²) >= 11 is 0. The van der Waals surface area contributed by atoms with Crippen molar-refractivity contribution in [2.75, 3.05) is 19.6 Å². The van der Waals surface area contributed by atoms with Crippen LogP contribution < -0.4 is 15.4 Å². The minimum absolute atomic E-state index is 0.0490. The molecule has 150 valence electrons. The van der Waals surface area contributed by atoms with Crippen LogP contribution >= 0.6 is 0 Å². The number of carbonyl (C=O) groups is 2. The zero-order valence-electron chi connectivity index (χ0n) is 15.4. The number of benzene rings is 2. The Morgan fingerprint density at radius 2 is 1.68 bits per heavy atom. The largest absolute Gasteiger partial charge is 0.354 e. The van der Waals surface area contributed by atoms with Crippen LogP contribution in [0.4, 0.5) is 4.39 Å². The Balaban J connectivity index is 1.77. The van der Waals surface area contributed by atoms with Gasteiger partial charge in [-0.1, -0.05) is 19.1 Å². The van der Waals surface area contributed by atoms with Crippen LogP contribution in [0.2, 0.25) is 0 Å². The molecule has 0 aliphatic rings. The fourth-order valence-corrected chi connectivity index (χ4v) is 3.47. The molecule has 0 bridgehead atoms. The fourth-order valence-electron chi connectivity index (χ4n) is 2.43. The Labute approximate surface area is 163 Å². The summed E-state index contributed by atoms with van der Waals surface area (Å²) in [6.07, 6.45) is 0.0490. The molecule has 0 saturated heterocycles. The molecule has 0 radical (unpaired) electrons.